The van der Waals surface area contributed by atoms with Crippen LogP contribution in [0.3, 0.4) is 0 Å². The Morgan fingerprint density at radius 3 is 2.81 bits per heavy atom. The molecule has 3 aromatic rings. The predicted octanol–water partition coefficient (Wildman–Crippen LogP) is 2.14. The summed E-state index contributed by atoms with van der Waals surface area (Å²) in [5.41, 5.74) is -0.246. The summed E-state index contributed by atoms with van der Waals surface area (Å²) in [6.45, 7) is -0.144. The van der Waals surface area contributed by atoms with Crippen molar-refractivity contribution in [2.75, 3.05) is 29.9 Å². The Morgan fingerprint density at radius 1 is 1.33 bits per heavy atom. The maximum atomic E-state index is 12.4. The summed E-state index contributed by atoms with van der Waals surface area (Å²) in [6, 6.07) is 3.34. The van der Waals surface area contributed by atoms with E-state index in [0.717, 1.165) is 16.0 Å². The average molecular weight is 396 g/mol. The van der Waals surface area contributed by atoms with Gasteiger partial charge in [-0.1, -0.05) is 0 Å². The highest BCUT2D eigenvalue weighted by atomic mass is 32.1. The van der Waals surface area contributed by atoms with E-state index in [0.29, 0.717) is 23.5 Å². The summed E-state index contributed by atoms with van der Waals surface area (Å²) >= 11 is 1.55. The standard InChI is InChI=1S/C16H15F3N6OS/c1-23(14-12-2-3-27-15(12)21-9-20-14)11-6-24(7-11)10-4-13(26)25(22-5-10)8-16(17,18)19/h2-5,9,11H,6-8H2,1H3. The van der Waals surface area contributed by atoms with Gasteiger partial charge < -0.3 is 9.80 Å². The van der Waals surface area contributed by atoms with E-state index >= 15 is 0 Å². The molecule has 1 saturated heterocycles. The fraction of sp³-hybridized carbons (Fsp3) is 0.375. The molecule has 11 heteroatoms. The summed E-state index contributed by atoms with van der Waals surface area (Å²) in [4.78, 5) is 25.4. The predicted molar refractivity (Wildman–Crippen MR) is 96.4 cm³/mol. The Bertz CT molecular complexity index is 1030. The topological polar surface area (TPSA) is 67.2 Å². The molecule has 0 spiro atoms. The molecule has 7 nitrogen and oxygen atoms in total. The number of nitrogens with zero attached hydrogens (tertiary/aromatic N) is 6. The normalized spacial score (nSPS) is 15.2. The van der Waals surface area contributed by atoms with Gasteiger partial charge in [0.2, 0.25) is 0 Å². The van der Waals surface area contributed by atoms with Crippen molar-refractivity contribution < 1.29 is 13.2 Å². The molecule has 142 valence electrons. The van der Waals surface area contributed by atoms with Crippen LogP contribution in [0.15, 0.2) is 34.8 Å². The smallest absolute Gasteiger partial charge is 0.366 e. The third kappa shape index (κ3) is 3.46. The van der Waals surface area contributed by atoms with Crippen LogP contribution in [0.2, 0.25) is 0 Å². The second-order valence-electron chi connectivity index (χ2n) is 6.33. The Balaban J connectivity index is 1.46. The molecular weight excluding hydrogens is 381 g/mol. The van der Waals surface area contributed by atoms with Crippen molar-refractivity contribution in [2.24, 2.45) is 0 Å². The summed E-state index contributed by atoms with van der Waals surface area (Å²) in [7, 11) is 1.95. The van der Waals surface area contributed by atoms with E-state index in [1.165, 1.54) is 18.6 Å². The van der Waals surface area contributed by atoms with Crippen LogP contribution in [-0.4, -0.2) is 52.1 Å². The first kappa shape index (κ1) is 17.7. The van der Waals surface area contributed by atoms with E-state index < -0.39 is 18.3 Å². The molecular formula is C16H15F3N6OS. The quantitative estimate of drug-likeness (QED) is 0.673. The first-order valence-corrected chi connectivity index (χ1v) is 9.00. The number of alkyl halides is 3. The lowest BCUT2D eigenvalue weighted by atomic mass is 10.1. The molecule has 0 unspecified atom stereocenters. The molecule has 0 bridgehead atoms. The van der Waals surface area contributed by atoms with Gasteiger partial charge in [-0.2, -0.15) is 18.3 Å². The van der Waals surface area contributed by atoms with Gasteiger partial charge in [0.1, 0.15) is 23.5 Å². The summed E-state index contributed by atoms with van der Waals surface area (Å²) in [5, 5.41) is 6.59. The van der Waals surface area contributed by atoms with E-state index in [4.69, 9.17) is 0 Å². The molecule has 0 aliphatic carbocycles. The highest BCUT2D eigenvalue weighted by Crippen LogP contribution is 2.30. The van der Waals surface area contributed by atoms with Crippen LogP contribution in [-0.2, 0) is 6.54 Å². The molecule has 0 saturated carbocycles. The van der Waals surface area contributed by atoms with Crippen LogP contribution in [0.4, 0.5) is 24.7 Å². The fourth-order valence-electron chi connectivity index (χ4n) is 3.03. The van der Waals surface area contributed by atoms with Crippen molar-refractivity contribution in [3.63, 3.8) is 0 Å². The van der Waals surface area contributed by atoms with Crippen molar-refractivity contribution in [3.05, 3.63) is 40.4 Å². The molecule has 0 N–H and O–H groups in total. The van der Waals surface area contributed by atoms with Crippen LogP contribution < -0.4 is 15.4 Å². The minimum absolute atomic E-state index is 0.167. The molecule has 3 aromatic heterocycles. The minimum atomic E-state index is -4.48. The first-order chi connectivity index (χ1) is 12.8. The van der Waals surface area contributed by atoms with Crippen LogP contribution in [0.25, 0.3) is 10.2 Å². The molecule has 0 radical (unpaired) electrons. The molecule has 1 aliphatic rings. The zero-order chi connectivity index (χ0) is 19.2. The van der Waals surface area contributed by atoms with Gasteiger partial charge in [-0.25, -0.2) is 14.6 Å². The highest BCUT2D eigenvalue weighted by molar-refractivity contribution is 7.16. The number of hydrogen-bond donors (Lipinski definition) is 0. The maximum Gasteiger partial charge on any atom is 0.408 e. The van der Waals surface area contributed by atoms with Crippen molar-refractivity contribution in [1.82, 2.24) is 19.7 Å². The number of halogens is 3. The van der Waals surface area contributed by atoms with Gasteiger partial charge >= 0.3 is 6.18 Å². The van der Waals surface area contributed by atoms with Crippen molar-refractivity contribution in [2.45, 2.75) is 18.8 Å². The van der Waals surface area contributed by atoms with Gasteiger partial charge in [-0.15, -0.1) is 11.3 Å². The van der Waals surface area contributed by atoms with Crippen LogP contribution >= 0.6 is 11.3 Å². The van der Waals surface area contributed by atoms with Crippen molar-refractivity contribution in [3.8, 4) is 0 Å². The Labute approximate surface area is 155 Å². The minimum Gasteiger partial charge on any atom is -0.366 e. The molecule has 1 fully saturated rings. The van der Waals surface area contributed by atoms with Gasteiger partial charge in [-0.05, 0) is 11.4 Å². The number of thiophene rings is 1. The number of likely N-dealkylation sites (N-methyl/N-ethyl adjacent to an activating group) is 1. The monoisotopic (exact) mass is 396 g/mol. The number of rotatable bonds is 4. The second-order valence-corrected chi connectivity index (χ2v) is 7.23. The largest absolute Gasteiger partial charge is 0.408 e. The summed E-state index contributed by atoms with van der Waals surface area (Å²) < 4.78 is 37.7. The van der Waals surface area contributed by atoms with Crippen molar-refractivity contribution in [1.29, 1.82) is 0 Å². The van der Waals surface area contributed by atoms with Crippen LogP contribution in [0, 0.1) is 0 Å². The SMILES string of the molecule is CN(c1ncnc2sccc12)C1CN(c2cnn(CC(F)(F)F)c(=O)c2)C1. The second kappa shape index (κ2) is 6.48. The third-order valence-electron chi connectivity index (χ3n) is 4.53. The summed E-state index contributed by atoms with van der Waals surface area (Å²) in [6.07, 6.45) is -1.65. The Morgan fingerprint density at radius 2 is 2.11 bits per heavy atom. The molecule has 4 rings (SSSR count). The number of anilines is 2. The van der Waals surface area contributed by atoms with Crippen LogP contribution in [0.1, 0.15) is 0 Å². The van der Waals surface area contributed by atoms with Gasteiger partial charge in [0.15, 0.2) is 0 Å². The molecule has 27 heavy (non-hydrogen) atoms. The Hall–Kier alpha value is -2.69. The van der Waals surface area contributed by atoms with E-state index in [2.05, 4.69) is 20.0 Å². The zero-order valence-electron chi connectivity index (χ0n) is 14.2. The number of fused-ring (bicyclic) bond motifs is 1. The summed E-state index contributed by atoms with van der Waals surface area (Å²) in [5.74, 6) is 0.838. The van der Waals surface area contributed by atoms with E-state index in [-0.39, 0.29) is 6.04 Å². The molecule has 0 atom stereocenters. The Kier molecular flexibility index (Phi) is 4.25. The number of hydrogen-bond acceptors (Lipinski definition) is 7. The average Bonchev–Trinajstić information content (AvgIpc) is 3.03. The van der Waals surface area contributed by atoms with E-state index in [1.807, 2.05) is 23.4 Å². The highest BCUT2D eigenvalue weighted by Gasteiger charge is 2.33. The van der Waals surface area contributed by atoms with E-state index in [9.17, 15) is 18.0 Å². The molecule has 1 aliphatic heterocycles. The lowest BCUT2D eigenvalue weighted by Crippen LogP contribution is -2.59. The first-order valence-electron chi connectivity index (χ1n) is 8.12. The molecule has 0 amide bonds. The lowest BCUT2D eigenvalue weighted by molar-refractivity contribution is -0.143. The van der Waals surface area contributed by atoms with Crippen LogP contribution in [0.5, 0.6) is 0 Å². The van der Waals surface area contributed by atoms with Gasteiger partial charge in [-0.3, -0.25) is 4.79 Å². The van der Waals surface area contributed by atoms with Crippen molar-refractivity contribution >= 4 is 33.1 Å². The zero-order valence-corrected chi connectivity index (χ0v) is 15.0. The number of aromatic nitrogens is 4. The van der Waals surface area contributed by atoms with Gasteiger partial charge in [0.25, 0.3) is 5.56 Å². The third-order valence-corrected chi connectivity index (χ3v) is 5.35. The maximum absolute atomic E-state index is 12.4. The van der Waals surface area contributed by atoms with Gasteiger partial charge in [0.05, 0.1) is 23.3 Å². The molecule has 0 aromatic carbocycles. The molecule has 4 heterocycles. The lowest BCUT2D eigenvalue weighted by Gasteiger charge is -2.45. The van der Waals surface area contributed by atoms with Gasteiger partial charge in [0, 0.05) is 26.2 Å². The van der Waals surface area contributed by atoms with E-state index in [1.54, 1.807) is 11.3 Å². The fourth-order valence-corrected chi connectivity index (χ4v) is 3.75.